The summed E-state index contributed by atoms with van der Waals surface area (Å²) in [6, 6.07) is 15.7. The second-order valence-electron chi connectivity index (χ2n) is 6.06. The van der Waals surface area contributed by atoms with Crippen LogP contribution in [0, 0.1) is 5.92 Å². The molecule has 0 saturated carbocycles. The lowest BCUT2D eigenvalue weighted by atomic mass is 9.99. The number of para-hydroxylation sites is 2. The van der Waals surface area contributed by atoms with Crippen LogP contribution in [-0.2, 0) is 9.53 Å². The summed E-state index contributed by atoms with van der Waals surface area (Å²) >= 11 is 0. The van der Waals surface area contributed by atoms with Crippen molar-refractivity contribution in [1.82, 2.24) is 9.97 Å². The van der Waals surface area contributed by atoms with Crippen LogP contribution >= 0.6 is 0 Å². The van der Waals surface area contributed by atoms with Gasteiger partial charge < -0.3 is 15.0 Å². The molecule has 2 N–H and O–H groups in total. The van der Waals surface area contributed by atoms with Crippen LogP contribution in [0.5, 0.6) is 0 Å². The minimum Gasteiger partial charge on any atom is -0.381 e. The first kappa shape index (κ1) is 14.9. The van der Waals surface area contributed by atoms with Gasteiger partial charge in [0.05, 0.1) is 11.0 Å². The van der Waals surface area contributed by atoms with Gasteiger partial charge in [-0.1, -0.05) is 24.3 Å². The van der Waals surface area contributed by atoms with Gasteiger partial charge in [-0.25, -0.2) is 4.98 Å². The number of imidazole rings is 1. The number of fused-ring (bicyclic) bond motifs is 1. The molecule has 1 aliphatic heterocycles. The zero-order chi connectivity index (χ0) is 16.4. The van der Waals surface area contributed by atoms with Gasteiger partial charge in [0.2, 0.25) is 5.91 Å². The van der Waals surface area contributed by atoms with E-state index in [1.807, 2.05) is 48.5 Å². The van der Waals surface area contributed by atoms with Crippen molar-refractivity contribution >= 4 is 22.6 Å². The Morgan fingerprint density at radius 3 is 2.79 bits per heavy atom. The summed E-state index contributed by atoms with van der Waals surface area (Å²) in [5, 5.41) is 3.02. The van der Waals surface area contributed by atoms with Crippen LogP contribution in [0.1, 0.15) is 12.8 Å². The van der Waals surface area contributed by atoms with E-state index in [9.17, 15) is 4.79 Å². The number of ether oxygens (including phenoxy) is 1. The first-order valence-corrected chi connectivity index (χ1v) is 8.23. The van der Waals surface area contributed by atoms with Gasteiger partial charge in [0, 0.05) is 30.4 Å². The monoisotopic (exact) mass is 321 g/mol. The van der Waals surface area contributed by atoms with E-state index in [-0.39, 0.29) is 11.8 Å². The molecule has 24 heavy (non-hydrogen) atoms. The van der Waals surface area contributed by atoms with Crippen LogP contribution in [-0.4, -0.2) is 29.1 Å². The fourth-order valence-corrected chi connectivity index (χ4v) is 3.04. The quantitative estimate of drug-likeness (QED) is 0.774. The van der Waals surface area contributed by atoms with E-state index in [0.717, 1.165) is 41.0 Å². The molecule has 0 spiro atoms. The summed E-state index contributed by atoms with van der Waals surface area (Å²) in [6.07, 6.45) is 1.57. The zero-order valence-corrected chi connectivity index (χ0v) is 13.3. The number of carbonyl (C=O) groups is 1. The Labute approximate surface area is 140 Å². The van der Waals surface area contributed by atoms with Crippen molar-refractivity contribution < 1.29 is 9.53 Å². The zero-order valence-electron chi connectivity index (χ0n) is 13.3. The van der Waals surface area contributed by atoms with Gasteiger partial charge in [-0.05, 0) is 37.1 Å². The van der Waals surface area contributed by atoms with Crippen molar-refractivity contribution in [3.63, 3.8) is 0 Å². The molecule has 1 aromatic heterocycles. The second-order valence-corrected chi connectivity index (χ2v) is 6.06. The minimum atomic E-state index is 0.0357. The van der Waals surface area contributed by atoms with Gasteiger partial charge in [0.25, 0.3) is 0 Å². The fourth-order valence-electron chi connectivity index (χ4n) is 3.04. The maximum Gasteiger partial charge on any atom is 0.227 e. The first-order valence-electron chi connectivity index (χ1n) is 8.23. The minimum absolute atomic E-state index is 0.0357. The average molecular weight is 321 g/mol. The van der Waals surface area contributed by atoms with E-state index in [1.165, 1.54) is 0 Å². The number of nitrogens with zero attached hydrogens (tertiary/aromatic N) is 1. The standard InChI is InChI=1S/C19H19N3O2/c23-19(13-8-10-24-11-9-13)20-15-5-3-4-14(12-15)18-21-16-6-1-2-7-17(16)22-18/h1-7,12-13H,8-11H2,(H,20,23)(H,21,22). The summed E-state index contributed by atoms with van der Waals surface area (Å²) in [6.45, 7) is 1.33. The average Bonchev–Trinajstić information content (AvgIpc) is 3.07. The molecule has 3 aromatic rings. The summed E-state index contributed by atoms with van der Waals surface area (Å²) in [4.78, 5) is 20.3. The van der Waals surface area contributed by atoms with E-state index in [0.29, 0.717) is 13.2 Å². The van der Waals surface area contributed by atoms with E-state index >= 15 is 0 Å². The van der Waals surface area contributed by atoms with Crippen molar-refractivity contribution in [2.24, 2.45) is 5.92 Å². The SMILES string of the molecule is O=C(Nc1cccc(-c2nc3ccccc3[nH]2)c1)C1CCOCC1. The highest BCUT2D eigenvalue weighted by Crippen LogP contribution is 2.24. The number of aromatic nitrogens is 2. The molecule has 2 aromatic carbocycles. The normalized spacial score (nSPS) is 15.5. The molecule has 122 valence electrons. The molecule has 2 heterocycles. The molecule has 0 aliphatic carbocycles. The van der Waals surface area contributed by atoms with Crippen LogP contribution in [0.3, 0.4) is 0 Å². The molecule has 1 amide bonds. The van der Waals surface area contributed by atoms with Crippen LogP contribution in [0.2, 0.25) is 0 Å². The summed E-state index contributed by atoms with van der Waals surface area (Å²) < 4.78 is 5.31. The summed E-state index contributed by atoms with van der Waals surface area (Å²) in [5.41, 5.74) is 3.69. The molecule has 0 unspecified atom stereocenters. The third kappa shape index (κ3) is 3.03. The third-order valence-corrected chi connectivity index (χ3v) is 4.39. The van der Waals surface area contributed by atoms with Gasteiger partial charge in [0.15, 0.2) is 0 Å². The topological polar surface area (TPSA) is 67.0 Å². The predicted molar refractivity (Wildman–Crippen MR) is 93.7 cm³/mol. The van der Waals surface area contributed by atoms with E-state index in [1.54, 1.807) is 0 Å². The summed E-state index contributed by atoms with van der Waals surface area (Å²) in [5.74, 6) is 0.909. The van der Waals surface area contributed by atoms with E-state index in [4.69, 9.17) is 4.74 Å². The molecular formula is C19H19N3O2. The number of aromatic amines is 1. The van der Waals surface area contributed by atoms with Gasteiger partial charge in [0.1, 0.15) is 5.82 Å². The molecule has 4 rings (SSSR count). The molecule has 5 nitrogen and oxygen atoms in total. The number of hydrogen-bond donors (Lipinski definition) is 2. The fraction of sp³-hybridized carbons (Fsp3) is 0.263. The molecule has 1 saturated heterocycles. The molecule has 0 radical (unpaired) electrons. The highest BCUT2D eigenvalue weighted by atomic mass is 16.5. The number of benzene rings is 2. The van der Waals surface area contributed by atoms with Crippen molar-refractivity contribution in [1.29, 1.82) is 0 Å². The van der Waals surface area contributed by atoms with Crippen molar-refractivity contribution in [2.45, 2.75) is 12.8 Å². The number of anilines is 1. The van der Waals surface area contributed by atoms with E-state index in [2.05, 4.69) is 15.3 Å². The first-order chi connectivity index (χ1) is 11.8. The Balaban J connectivity index is 1.55. The lowest BCUT2D eigenvalue weighted by molar-refractivity contribution is -0.122. The van der Waals surface area contributed by atoms with E-state index < -0.39 is 0 Å². The number of amides is 1. The Hall–Kier alpha value is -2.66. The van der Waals surface area contributed by atoms with Crippen molar-refractivity contribution in [3.05, 3.63) is 48.5 Å². The Morgan fingerprint density at radius 2 is 1.96 bits per heavy atom. The Morgan fingerprint density at radius 1 is 1.12 bits per heavy atom. The third-order valence-electron chi connectivity index (χ3n) is 4.39. The predicted octanol–water partition coefficient (Wildman–Crippen LogP) is 3.60. The number of rotatable bonds is 3. The smallest absolute Gasteiger partial charge is 0.227 e. The number of hydrogen-bond acceptors (Lipinski definition) is 3. The van der Waals surface area contributed by atoms with Crippen molar-refractivity contribution in [3.8, 4) is 11.4 Å². The van der Waals surface area contributed by atoms with Gasteiger partial charge in [-0.2, -0.15) is 0 Å². The molecule has 5 heteroatoms. The molecule has 1 fully saturated rings. The Bertz CT molecular complexity index is 833. The van der Waals surface area contributed by atoms with Crippen LogP contribution in [0.4, 0.5) is 5.69 Å². The number of nitrogens with one attached hydrogen (secondary N) is 2. The largest absolute Gasteiger partial charge is 0.381 e. The lowest BCUT2D eigenvalue weighted by Gasteiger charge is -2.21. The Kier molecular flexibility index (Phi) is 4.01. The lowest BCUT2D eigenvalue weighted by Crippen LogP contribution is -2.28. The van der Waals surface area contributed by atoms with Gasteiger partial charge in [-0.3, -0.25) is 4.79 Å². The maximum atomic E-state index is 12.4. The van der Waals surface area contributed by atoms with Crippen LogP contribution in [0.15, 0.2) is 48.5 Å². The van der Waals surface area contributed by atoms with Crippen LogP contribution < -0.4 is 5.32 Å². The van der Waals surface area contributed by atoms with Gasteiger partial charge >= 0.3 is 0 Å². The number of H-pyrrole nitrogens is 1. The highest BCUT2D eigenvalue weighted by Gasteiger charge is 2.21. The second kappa shape index (κ2) is 6.45. The number of carbonyl (C=O) groups excluding carboxylic acids is 1. The van der Waals surface area contributed by atoms with Gasteiger partial charge in [-0.15, -0.1) is 0 Å². The molecular weight excluding hydrogens is 302 g/mol. The molecule has 0 bridgehead atoms. The highest BCUT2D eigenvalue weighted by molar-refractivity contribution is 5.93. The maximum absolute atomic E-state index is 12.4. The molecule has 1 aliphatic rings. The molecule has 0 atom stereocenters. The van der Waals surface area contributed by atoms with Crippen molar-refractivity contribution in [2.75, 3.05) is 18.5 Å². The summed E-state index contributed by atoms with van der Waals surface area (Å²) in [7, 11) is 0. The van der Waals surface area contributed by atoms with Crippen LogP contribution in [0.25, 0.3) is 22.4 Å².